The average Bonchev–Trinajstić information content (AvgIpc) is 2.53. The second-order valence-electron chi connectivity index (χ2n) is 3.95. The number of benzene rings is 1. The van der Waals surface area contributed by atoms with Gasteiger partial charge in [-0.1, -0.05) is 0 Å². The van der Waals surface area contributed by atoms with Crippen molar-refractivity contribution in [1.29, 1.82) is 0 Å². The van der Waals surface area contributed by atoms with Crippen LogP contribution in [-0.4, -0.2) is 32.1 Å². The summed E-state index contributed by atoms with van der Waals surface area (Å²) in [5.41, 5.74) is 0.946. The highest BCUT2D eigenvalue weighted by Gasteiger charge is 2.21. The highest BCUT2D eigenvalue weighted by atomic mass is 16.5. The number of nitrogens with zero attached hydrogens (tertiary/aromatic N) is 1. The Hall–Kier alpha value is -2.56. The number of methoxy groups -OCH3 is 3. The summed E-state index contributed by atoms with van der Waals surface area (Å²) in [5.74, 6) is 1.10. The van der Waals surface area contributed by atoms with E-state index in [1.54, 1.807) is 36.7 Å². The standard InChI is InChI=1S/C15H15NO4/c1-18-12-5-4-11(14(19-2)15(12)20-3)13(17)10-6-8-16-9-7-10/h4-9H,1-3H3. The normalized spacial score (nSPS) is 9.95. The van der Waals surface area contributed by atoms with Gasteiger partial charge in [-0.2, -0.15) is 0 Å². The Balaban J connectivity index is 2.55. The van der Waals surface area contributed by atoms with Crippen LogP contribution in [-0.2, 0) is 0 Å². The predicted octanol–water partition coefficient (Wildman–Crippen LogP) is 2.34. The summed E-state index contributed by atoms with van der Waals surface area (Å²) in [6.07, 6.45) is 3.14. The molecule has 104 valence electrons. The Kier molecular flexibility index (Phi) is 4.20. The molecule has 0 unspecified atom stereocenters. The SMILES string of the molecule is COc1ccc(C(=O)c2ccncc2)c(OC)c1OC. The smallest absolute Gasteiger partial charge is 0.204 e. The van der Waals surface area contributed by atoms with Crippen molar-refractivity contribution in [3.05, 3.63) is 47.8 Å². The molecule has 0 saturated heterocycles. The van der Waals surface area contributed by atoms with Crippen molar-refractivity contribution in [2.75, 3.05) is 21.3 Å². The molecule has 5 heteroatoms. The molecule has 0 spiro atoms. The molecule has 0 aliphatic heterocycles. The van der Waals surface area contributed by atoms with E-state index in [0.29, 0.717) is 28.4 Å². The molecule has 0 aliphatic carbocycles. The summed E-state index contributed by atoms with van der Waals surface area (Å²) in [6.45, 7) is 0. The van der Waals surface area contributed by atoms with Gasteiger partial charge >= 0.3 is 0 Å². The number of hydrogen-bond acceptors (Lipinski definition) is 5. The van der Waals surface area contributed by atoms with Gasteiger partial charge in [0.1, 0.15) is 0 Å². The summed E-state index contributed by atoms with van der Waals surface area (Å²) < 4.78 is 15.8. The molecule has 0 amide bonds. The van der Waals surface area contributed by atoms with Crippen LogP contribution in [0.5, 0.6) is 17.2 Å². The highest BCUT2D eigenvalue weighted by Crippen LogP contribution is 2.40. The van der Waals surface area contributed by atoms with Crippen molar-refractivity contribution in [2.24, 2.45) is 0 Å². The molecule has 1 heterocycles. The van der Waals surface area contributed by atoms with E-state index in [0.717, 1.165) is 0 Å². The number of pyridine rings is 1. The lowest BCUT2D eigenvalue weighted by Crippen LogP contribution is -2.06. The summed E-state index contributed by atoms with van der Waals surface area (Å²) in [6, 6.07) is 6.63. The van der Waals surface area contributed by atoms with Gasteiger partial charge in [-0.25, -0.2) is 0 Å². The maximum atomic E-state index is 12.5. The lowest BCUT2D eigenvalue weighted by molar-refractivity contribution is 0.103. The maximum absolute atomic E-state index is 12.5. The van der Waals surface area contributed by atoms with E-state index < -0.39 is 0 Å². The molecule has 0 radical (unpaired) electrons. The first kappa shape index (κ1) is 13.9. The van der Waals surface area contributed by atoms with E-state index in [-0.39, 0.29) is 5.78 Å². The average molecular weight is 273 g/mol. The van der Waals surface area contributed by atoms with Gasteiger partial charge in [0.15, 0.2) is 17.3 Å². The summed E-state index contributed by atoms with van der Waals surface area (Å²) in [4.78, 5) is 16.4. The Morgan fingerprint density at radius 2 is 1.55 bits per heavy atom. The first-order chi connectivity index (χ1) is 9.72. The Labute approximate surface area is 117 Å². The molecular weight excluding hydrogens is 258 g/mol. The minimum atomic E-state index is -0.162. The molecule has 20 heavy (non-hydrogen) atoms. The van der Waals surface area contributed by atoms with Crippen LogP contribution in [0.4, 0.5) is 0 Å². The second kappa shape index (κ2) is 6.06. The topological polar surface area (TPSA) is 57.7 Å². The fraction of sp³-hybridized carbons (Fsp3) is 0.200. The Bertz CT molecular complexity index is 611. The summed E-state index contributed by atoms with van der Waals surface area (Å²) in [5, 5.41) is 0. The number of carbonyl (C=O) groups excluding carboxylic acids is 1. The van der Waals surface area contributed by atoms with E-state index in [1.807, 2.05) is 0 Å². The molecule has 0 bridgehead atoms. The first-order valence-corrected chi connectivity index (χ1v) is 5.96. The van der Waals surface area contributed by atoms with E-state index >= 15 is 0 Å². The van der Waals surface area contributed by atoms with Crippen LogP contribution in [0.1, 0.15) is 15.9 Å². The summed E-state index contributed by atoms with van der Waals surface area (Å²) >= 11 is 0. The number of rotatable bonds is 5. The van der Waals surface area contributed by atoms with Crippen molar-refractivity contribution < 1.29 is 19.0 Å². The van der Waals surface area contributed by atoms with E-state index in [4.69, 9.17) is 14.2 Å². The predicted molar refractivity (Wildman–Crippen MR) is 73.8 cm³/mol. The van der Waals surface area contributed by atoms with Crippen LogP contribution in [0.25, 0.3) is 0 Å². The highest BCUT2D eigenvalue weighted by molar-refractivity contribution is 6.11. The van der Waals surface area contributed by atoms with Crippen LogP contribution < -0.4 is 14.2 Å². The maximum Gasteiger partial charge on any atom is 0.204 e. The molecule has 1 aromatic carbocycles. The van der Waals surface area contributed by atoms with E-state index in [9.17, 15) is 4.79 Å². The van der Waals surface area contributed by atoms with Gasteiger partial charge in [-0.3, -0.25) is 9.78 Å². The molecule has 0 atom stereocenters. The molecule has 0 fully saturated rings. The third kappa shape index (κ3) is 2.42. The third-order valence-corrected chi connectivity index (χ3v) is 2.89. The quantitative estimate of drug-likeness (QED) is 0.783. The van der Waals surface area contributed by atoms with Gasteiger partial charge < -0.3 is 14.2 Å². The molecule has 1 aromatic heterocycles. The van der Waals surface area contributed by atoms with Gasteiger partial charge in [-0.15, -0.1) is 0 Å². The molecule has 0 aliphatic rings. The Morgan fingerprint density at radius 3 is 2.10 bits per heavy atom. The lowest BCUT2D eigenvalue weighted by Gasteiger charge is -2.15. The fourth-order valence-electron chi connectivity index (χ4n) is 1.94. The van der Waals surface area contributed by atoms with Gasteiger partial charge in [-0.05, 0) is 24.3 Å². The van der Waals surface area contributed by atoms with Gasteiger partial charge in [0, 0.05) is 18.0 Å². The molecule has 2 rings (SSSR count). The molecule has 0 N–H and O–H groups in total. The van der Waals surface area contributed by atoms with Crippen LogP contribution in [0, 0.1) is 0 Å². The number of hydrogen-bond donors (Lipinski definition) is 0. The fourth-order valence-corrected chi connectivity index (χ4v) is 1.94. The first-order valence-electron chi connectivity index (χ1n) is 5.96. The van der Waals surface area contributed by atoms with Crippen molar-refractivity contribution in [3.63, 3.8) is 0 Å². The van der Waals surface area contributed by atoms with Crippen molar-refractivity contribution in [3.8, 4) is 17.2 Å². The number of carbonyl (C=O) groups is 1. The zero-order valence-corrected chi connectivity index (χ0v) is 11.5. The third-order valence-electron chi connectivity index (χ3n) is 2.89. The van der Waals surface area contributed by atoms with Crippen molar-refractivity contribution >= 4 is 5.78 Å². The van der Waals surface area contributed by atoms with Crippen molar-refractivity contribution in [1.82, 2.24) is 4.98 Å². The van der Waals surface area contributed by atoms with Crippen LogP contribution in [0.2, 0.25) is 0 Å². The molecule has 5 nitrogen and oxygen atoms in total. The molecule has 0 saturated carbocycles. The lowest BCUT2D eigenvalue weighted by atomic mass is 10.0. The zero-order valence-electron chi connectivity index (χ0n) is 11.5. The van der Waals surface area contributed by atoms with Gasteiger partial charge in [0.25, 0.3) is 0 Å². The van der Waals surface area contributed by atoms with Crippen molar-refractivity contribution in [2.45, 2.75) is 0 Å². The minimum absolute atomic E-state index is 0.162. The summed E-state index contributed by atoms with van der Waals surface area (Å²) in [7, 11) is 4.52. The van der Waals surface area contributed by atoms with Crippen LogP contribution in [0.15, 0.2) is 36.7 Å². The molecule has 2 aromatic rings. The number of aromatic nitrogens is 1. The van der Waals surface area contributed by atoms with Gasteiger partial charge in [0.05, 0.1) is 26.9 Å². The van der Waals surface area contributed by atoms with Crippen LogP contribution >= 0.6 is 0 Å². The largest absolute Gasteiger partial charge is 0.493 e. The van der Waals surface area contributed by atoms with Gasteiger partial charge in [0.2, 0.25) is 5.75 Å². The van der Waals surface area contributed by atoms with Crippen LogP contribution in [0.3, 0.4) is 0 Å². The molecular formula is C15H15NO4. The monoisotopic (exact) mass is 273 g/mol. The zero-order chi connectivity index (χ0) is 14.5. The van der Waals surface area contributed by atoms with E-state index in [2.05, 4.69) is 4.98 Å². The number of ether oxygens (including phenoxy) is 3. The second-order valence-corrected chi connectivity index (χ2v) is 3.95. The number of ketones is 1. The minimum Gasteiger partial charge on any atom is -0.493 e. The Morgan fingerprint density at radius 1 is 0.900 bits per heavy atom. The van der Waals surface area contributed by atoms with E-state index in [1.165, 1.54) is 21.3 Å².